The lowest BCUT2D eigenvalue weighted by atomic mass is 9.96. The van der Waals surface area contributed by atoms with Crippen LogP contribution in [0.2, 0.25) is 0 Å². The molecule has 1 saturated carbocycles. The van der Waals surface area contributed by atoms with Crippen LogP contribution in [0.25, 0.3) is 11.1 Å². The number of hydrogen-bond donors (Lipinski definition) is 2. The molecular formula is C23H25N3O3. The monoisotopic (exact) mass is 391 g/mol. The minimum atomic E-state index is -0.865. The lowest BCUT2D eigenvalue weighted by Crippen LogP contribution is -2.47. The lowest BCUT2D eigenvalue weighted by Gasteiger charge is -2.21. The van der Waals surface area contributed by atoms with Crippen LogP contribution in [-0.4, -0.2) is 34.8 Å². The Labute approximate surface area is 170 Å². The first-order valence-corrected chi connectivity index (χ1v) is 9.97. The predicted octanol–water partition coefficient (Wildman–Crippen LogP) is 3.25. The molecule has 0 spiro atoms. The van der Waals surface area contributed by atoms with E-state index in [4.69, 9.17) is 0 Å². The molecule has 29 heavy (non-hydrogen) atoms. The van der Waals surface area contributed by atoms with Crippen LogP contribution >= 0.6 is 0 Å². The summed E-state index contributed by atoms with van der Waals surface area (Å²) < 4.78 is 0. The maximum Gasteiger partial charge on any atom is 0.325 e. The fourth-order valence-electron chi connectivity index (χ4n) is 3.91. The average Bonchev–Trinajstić information content (AvgIpc) is 3.55. The Morgan fingerprint density at radius 1 is 1.10 bits per heavy atom. The fourth-order valence-corrected chi connectivity index (χ4v) is 3.91. The van der Waals surface area contributed by atoms with Gasteiger partial charge in [-0.1, -0.05) is 54.6 Å². The summed E-state index contributed by atoms with van der Waals surface area (Å²) in [7, 11) is 0. The number of carbonyl (C=O) groups excluding carboxylic acids is 3. The van der Waals surface area contributed by atoms with E-state index >= 15 is 0 Å². The van der Waals surface area contributed by atoms with Crippen molar-refractivity contribution in [3.63, 3.8) is 0 Å². The van der Waals surface area contributed by atoms with Crippen molar-refractivity contribution in [2.75, 3.05) is 6.54 Å². The molecule has 4 amide bonds. The number of carbonyl (C=O) groups is 3. The summed E-state index contributed by atoms with van der Waals surface area (Å²) >= 11 is 0. The van der Waals surface area contributed by atoms with Crippen LogP contribution in [0.15, 0.2) is 54.6 Å². The van der Waals surface area contributed by atoms with E-state index in [1.807, 2.05) is 61.5 Å². The van der Waals surface area contributed by atoms with Gasteiger partial charge in [0.2, 0.25) is 5.91 Å². The van der Waals surface area contributed by atoms with Crippen molar-refractivity contribution in [2.45, 2.75) is 38.3 Å². The van der Waals surface area contributed by atoms with E-state index in [9.17, 15) is 14.4 Å². The van der Waals surface area contributed by atoms with Crippen LogP contribution in [-0.2, 0) is 9.59 Å². The van der Waals surface area contributed by atoms with Crippen molar-refractivity contribution in [3.8, 4) is 11.1 Å². The smallest absolute Gasteiger partial charge is 0.325 e. The number of amides is 4. The molecule has 6 nitrogen and oxygen atoms in total. The molecule has 1 saturated heterocycles. The molecule has 0 unspecified atom stereocenters. The number of nitrogens with zero attached hydrogens (tertiary/aromatic N) is 1. The van der Waals surface area contributed by atoms with Crippen molar-refractivity contribution in [1.82, 2.24) is 15.5 Å². The molecule has 0 aromatic heterocycles. The number of nitrogens with one attached hydrogen (secondary N) is 2. The van der Waals surface area contributed by atoms with Crippen LogP contribution in [0.5, 0.6) is 0 Å². The standard InChI is InChI=1S/C23H25N3O3/c1-15(16-8-10-18(11-9-16)17-6-4-3-5-7-17)24-20(27)14-26-21(28)23(2,19-12-13-19)25-22(26)29/h3-11,15,19H,12-14H2,1-2H3,(H,24,27)(H,25,29)/t15-,23+/m0/s1. The normalized spacial score (nSPS) is 22.3. The van der Waals surface area contributed by atoms with Crippen molar-refractivity contribution in [2.24, 2.45) is 5.92 Å². The van der Waals surface area contributed by atoms with Gasteiger partial charge in [0, 0.05) is 0 Å². The number of urea groups is 1. The predicted molar refractivity (Wildman–Crippen MR) is 110 cm³/mol. The molecular weight excluding hydrogens is 366 g/mol. The van der Waals surface area contributed by atoms with Crippen molar-refractivity contribution in [3.05, 3.63) is 60.2 Å². The van der Waals surface area contributed by atoms with Gasteiger partial charge >= 0.3 is 6.03 Å². The van der Waals surface area contributed by atoms with Gasteiger partial charge in [0.1, 0.15) is 12.1 Å². The van der Waals surface area contributed by atoms with E-state index in [1.165, 1.54) is 0 Å². The molecule has 4 rings (SSSR count). The molecule has 2 N–H and O–H groups in total. The van der Waals surface area contributed by atoms with E-state index in [2.05, 4.69) is 10.6 Å². The Bertz CT molecular complexity index is 938. The first-order valence-electron chi connectivity index (χ1n) is 9.97. The number of benzene rings is 2. The number of imide groups is 1. The van der Waals surface area contributed by atoms with Gasteiger partial charge < -0.3 is 10.6 Å². The fraction of sp³-hybridized carbons (Fsp3) is 0.348. The van der Waals surface area contributed by atoms with Gasteiger partial charge in [-0.05, 0) is 49.3 Å². The molecule has 0 bridgehead atoms. The van der Waals surface area contributed by atoms with Gasteiger partial charge in [0.05, 0.1) is 6.04 Å². The topological polar surface area (TPSA) is 78.5 Å². The zero-order valence-corrected chi connectivity index (χ0v) is 16.6. The Morgan fingerprint density at radius 3 is 2.34 bits per heavy atom. The zero-order chi connectivity index (χ0) is 20.6. The first kappa shape index (κ1) is 19.2. The molecule has 2 aromatic rings. The molecule has 2 aromatic carbocycles. The highest BCUT2D eigenvalue weighted by atomic mass is 16.2. The molecule has 2 atom stereocenters. The third-order valence-corrected chi connectivity index (χ3v) is 5.89. The Morgan fingerprint density at radius 2 is 1.72 bits per heavy atom. The highest BCUT2D eigenvalue weighted by Gasteiger charge is 2.56. The molecule has 1 heterocycles. The minimum Gasteiger partial charge on any atom is -0.348 e. The minimum absolute atomic E-state index is 0.175. The molecule has 2 fully saturated rings. The Balaban J connectivity index is 1.37. The van der Waals surface area contributed by atoms with E-state index < -0.39 is 11.6 Å². The molecule has 6 heteroatoms. The van der Waals surface area contributed by atoms with E-state index in [0.29, 0.717) is 0 Å². The van der Waals surface area contributed by atoms with Gasteiger partial charge in [-0.25, -0.2) is 4.79 Å². The Kier molecular flexibility index (Phi) is 4.86. The molecule has 2 aliphatic rings. The summed E-state index contributed by atoms with van der Waals surface area (Å²) in [6.45, 7) is 3.37. The van der Waals surface area contributed by atoms with Crippen molar-refractivity contribution < 1.29 is 14.4 Å². The highest BCUT2D eigenvalue weighted by molar-refractivity contribution is 6.09. The van der Waals surface area contributed by atoms with E-state index in [-0.39, 0.29) is 30.3 Å². The van der Waals surface area contributed by atoms with Gasteiger partial charge in [0.15, 0.2) is 0 Å². The Hall–Kier alpha value is -3.15. The quantitative estimate of drug-likeness (QED) is 0.742. The second-order valence-electron chi connectivity index (χ2n) is 8.08. The van der Waals surface area contributed by atoms with Crippen LogP contribution in [0.4, 0.5) is 4.79 Å². The lowest BCUT2D eigenvalue weighted by molar-refractivity contribution is -0.135. The molecule has 1 aliphatic heterocycles. The van der Waals surface area contributed by atoms with Crippen LogP contribution in [0.3, 0.4) is 0 Å². The summed E-state index contributed by atoms with van der Waals surface area (Å²) in [5.74, 6) is -0.484. The maximum absolute atomic E-state index is 12.6. The summed E-state index contributed by atoms with van der Waals surface area (Å²) in [5, 5.41) is 5.64. The van der Waals surface area contributed by atoms with Crippen LogP contribution < -0.4 is 10.6 Å². The number of hydrogen-bond acceptors (Lipinski definition) is 3. The summed E-state index contributed by atoms with van der Waals surface area (Å²) in [5.41, 5.74) is 2.33. The largest absolute Gasteiger partial charge is 0.348 e. The van der Waals surface area contributed by atoms with Crippen molar-refractivity contribution in [1.29, 1.82) is 0 Å². The highest BCUT2D eigenvalue weighted by Crippen LogP contribution is 2.42. The van der Waals surface area contributed by atoms with Crippen LogP contribution in [0, 0.1) is 5.92 Å². The number of rotatable bonds is 6. The van der Waals surface area contributed by atoms with Gasteiger partial charge in [-0.2, -0.15) is 0 Å². The van der Waals surface area contributed by atoms with Crippen molar-refractivity contribution >= 4 is 17.8 Å². The average molecular weight is 391 g/mol. The third kappa shape index (κ3) is 3.75. The van der Waals surface area contributed by atoms with Gasteiger partial charge in [-0.15, -0.1) is 0 Å². The summed E-state index contributed by atoms with van der Waals surface area (Å²) in [6.07, 6.45) is 1.86. The van der Waals surface area contributed by atoms with Gasteiger partial charge in [-0.3, -0.25) is 14.5 Å². The van der Waals surface area contributed by atoms with E-state index in [0.717, 1.165) is 34.4 Å². The molecule has 150 valence electrons. The van der Waals surface area contributed by atoms with E-state index in [1.54, 1.807) is 6.92 Å². The molecule has 1 aliphatic carbocycles. The third-order valence-electron chi connectivity index (χ3n) is 5.89. The zero-order valence-electron chi connectivity index (χ0n) is 16.6. The second-order valence-corrected chi connectivity index (χ2v) is 8.08. The van der Waals surface area contributed by atoms with Crippen LogP contribution in [0.1, 0.15) is 38.3 Å². The SMILES string of the molecule is C[C@H](NC(=O)CN1C(=O)N[C@](C)(C2CC2)C1=O)c1ccc(-c2ccccc2)cc1. The first-order chi connectivity index (χ1) is 13.9. The summed E-state index contributed by atoms with van der Waals surface area (Å²) in [6, 6.07) is 17.3. The second kappa shape index (κ2) is 7.35. The molecule has 0 radical (unpaired) electrons. The van der Waals surface area contributed by atoms with Gasteiger partial charge in [0.25, 0.3) is 5.91 Å². The summed E-state index contributed by atoms with van der Waals surface area (Å²) in [4.78, 5) is 38.4. The maximum atomic E-state index is 12.6.